The minimum Gasteiger partial charge on any atom is -0.359 e. The first-order valence-electron chi connectivity index (χ1n) is 5.11. The molecule has 0 saturated carbocycles. The molecule has 1 rings (SSSR count). The monoisotopic (exact) mass is 237 g/mol. The number of hydrogen-bond donors (Lipinski definition) is 2. The second-order valence-electron chi connectivity index (χ2n) is 3.41. The Labute approximate surface area is 99.3 Å². The number of amides is 1. The van der Waals surface area contributed by atoms with E-state index >= 15 is 0 Å². The maximum absolute atomic E-state index is 11.0. The standard InChI is InChI=1S/C11H15N3OS/c1-8(14-6-5-11(15)13-2)10-4-3-9(7-12)16-10/h3-4,8,14H,5-6H2,1-2H3,(H,13,15). The number of nitrogens with one attached hydrogen (secondary N) is 2. The van der Waals surface area contributed by atoms with Crippen LogP contribution in [0.15, 0.2) is 12.1 Å². The zero-order valence-corrected chi connectivity index (χ0v) is 10.2. The second-order valence-corrected chi connectivity index (χ2v) is 4.53. The van der Waals surface area contributed by atoms with Crippen molar-refractivity contribution in [3.8, 4) is 6.07 Å². The van der Waals surface area contributed by atoms with Crippen molar-refractivity contribution in [3.05, 3.63) is 21.9 Å². The first-order valence-corrected chi connectivity index (χ1v) is 5.92. The van der Waals surface area contributed by atoms with Gasteiger partial charge in [0.2, 0.25) is 5.91 Å². The second kappa shape index (κ2) is 6.26. The van der Waals surface area contributed by atoms with Gasteiger partial charge in [0.15, 0.2) is 0 Å². The highest BCUT2D eigenvalue weighted by atomic mass is 32.1. The summed E-state index contributed by atoms with van der Waals surface area (Å²) in [5, 5.41) is 14.5. The molecule has 1 unspecified atom stereocenters. The molecule has 1 aromatic heterocycles. The maximum atomic E-state index is 11.0. The van der Waals surface area contributed by atoms with E-state index < -0.39 is 0 Å². The first-order chi connectivity index (χ1) is 7.67. The van der Waals surface area contributed by atoms with Crippen molar-refractivity contribution in [3.63, 3.8) is 0 Å². The SMILES string of the molecule is CNC(=O)CCNC(C)c1ccc(C#N)s1. The van der Waals surface area contributed by atoms with E-state index in [0.717, 1.165) is 9.75 Å². The molecule has 2 N–H and O–H groups in total. The van der Waals surface area contributed by atoms with E-state index in [2.05, 4.69) is 16.7 Å². The van der Waals surface area contributed by atoms with E-state index in [0.29, 0.717) is 13.0 Å². The van der Waals surface area contributed by atoms with Crippen LogP contribution in [0.5, 0.6) is 0 Å². The van der Waals surface area contributed by atoms with Gasteiger partial charge in [-0.05, 0) is 19.1 Å². The van der Waals surface area contributed by atoms with Crippen LogP contribution in [0.2, 0.25) is 0 Å². The molecule has 0 aromatic carbocycles. The summed E-state index contributed by atoms with van der Waals surface area (Å²) in [5.41, 5.74) is 0. The first kappa shape index (κ1) is 12.7. The largest absolute Gasteiger partial charge is 0.359 e. The van der Waals surface area contributed by atoms with Gasteiger partial charge in [-0.25, -0.2) is 0 Å². The van der Waals surface area contributed by atoms with Crippen molar-refractivity contribution in [2.45, 2.75) is 19.4 Å². The zero-order chi connectivity index (χ0) is 12.0. The average molecular weight is 237 g/mol. The Morgan fingerprint density at radius 2 is 2.38 bits per heavy atom. The lowest BCUT2D eigenvalue weighted by atomic mass is 10.2. The molecule has 0 bridgehead atoms. The van der Waals surface area contributed by atoms with E-state index in [1.165, 1.54) is 11.3 Å². The predicted octanol–water partition coefficient (Wildman–Crippen LogP) is 1.41. The van der Waals surface area contributed by atoms with Crippen LogP contribution < -0.4 is 10.6 Å². The van der Waals surface area contributed by atoms with E-state index in [1.54, 1.807) is 7.05 Å². The molecule has 4 nitrogen and oxygen atoms in total. The average Bonchev–Trinajstić information content (AvgIpc) is 2.77. The lowest BCUT2D eigenvalue weighted by Crippen LogP contribution is -2.26. The van der Waals surface area contributed by atoms with E-state index in [9.17, 15) is 4.79 Å². The molecule has 86 valence electrons. The Morgan fingerprint density at radius 3 is 2.94 bits per heavy atom. The summed E-state index contributed by atoms with van der Waals surface area (Å²) >= 11 is 1.48. The number of carbonyl (C=O) groups is 1. The van der Waals surface area contributed by atoms with Gasteiger partial charge in [0, 0.05) is 30.9 Å². The molecule has 0 fully saturated rings. The topological polar surface area (TPSA) is 64.9 Å². The predicted molar refractivity (Wildman–Crippen MR) is 64.1 cm³/mol. The van der Waals surface area contributed by atoms with Crippen molar-refractivity contribution in [1.29, 1.82) is 5.26 Å². The minimum absolute atomic E-state index is 0.0311. The Kier molecular flexibility index (Phi) is 4.96. The van der Waals surface area contributed by atoms with Crippen LogP contribution in [0.1, 0.15) is 29.1 Å². The molecule has 0 saturated heterocycles. The molecule has 1 aromatic rings. The quantitative estimate of drug-likeness (QED) is 0.813. The molecule has 0 spiro atoms. The highest BCUT2D eigenvalue weighted by Gasteiger charge is 2.08. The summed E-state index contributed by atoms with van der Waals surface area (Å²) < 4.78 is 0. The van der Waals surface area contributed by atoms with Crippen molar-refractivity contribution >= 4 is 17.2 Å². The van der Waals surface area contributed by atoms with Gasteiger partial charge in [-0.3, -0.25) is 4.79 Å². The van der Waals surface area contributed by atoms with Crippen LogP contribution in [0.4, 0.5) is 0 Å². The van der Waals surface area contributed by atoms with E-state index in [4.69, 9.17) is 5.26 Å². The number of hydrogen-bond acceptors (Lipinski definition) is 4. The van der Waals surface area contributed by atoms with Gasteiger partial charge < -0.3 is 10.6 Å². The third-order valence-electron chi connectivity index (χ3n) is 2.25. The fourth-order valence-corrected chi connectivity index (χ4v) is 2.11. The summed E-state index contributed by atoms with van der Waals surface area (Å²) in [6, 6.07) is 6.05. The van der Waals surface area contributed by atoms with Gasteiger partial charge in [0.05, 0.1) is 0 Å². The lowest BCUT2D eigenvalue weighted by molar-refractivity contribution is -0.120. The third kappa shape index (κ3) is 3.65. The number of nitrogens with zero attached hydrogens (tertiary/aromatic N) is 1. The summed E-state index contributed by atoms with van der Waals surface area (Å²) in [7, 11) is 1.63. The minimum atomic E-state index is 0.0311. The smallest absolute Gasteiger partial charge is 0.221 e. The Morgan fingerprint density at radius 1 is 1.62 bits per heavy atom. The maximum Gasteiger partial charge on any atom is 0.221 e. The van der Waals surface area contributed by atoms with E-state index in [-0.39, 0.29) is 11.9 Å². The number of carbonyl (C=O) groups excluding carboxylic acids is 1. The van der Waals surface area contributed by atoms with Crippen LogP contribution in [0.25, 0.3) is 0 Å². The number of thiophene rings is 1. The molecule has 1 heterocycles. The van der Waals surface area contributed by atoms with Gasteiger partial charge >= 0.3 is 0 Å². The van der Waals surface area contributed by atoms with Crippen LogP contribution in [-0.4, -0.2) is 19.5 Å². The Hall–Kier alpha value is -1.38. The van der Waals surface area contributed by atoms with Gasteiger partial charge in [0.25, 0.3) is 0 Å². The Bertz CT molecular complexity index is 394. The van der Waals surface area contributed by atoms with Crippen LogP contribution in [0.3, 0.4) is 0 Å². The molecular weight excluding hydrogens is 222 g/mol. The van der Waals surface area contributed by atoms with Crippen LogP contribution >= 0.6 is 11.3 Å². The molecule has 0 radical (unpaired) electrons. The normalized spacial score (nSPS) is 11.8. The molecule has 0 aliphatic heterocycles. The number of nitriles is 1. The molecular formula is C11H15N3OS. The fraction of sp³-hybridized carbons (Fsp3) is 0.455. The lowest BCUT2D eigenvalue weighted by Gasteiger charge is -2.11. The highest BCUT2D eigenvalue weighted by molar-refractivity contribution is 7.12. The van der Waals surface area contributed by atoms with Gasteiger partial charge in [-0.15, -0.1) is 11.3 Å². The Balaban J connectivity index is 2.38. The van der Waals surface area contributed by atoms with Crippen molar-refractivity contribution in [2.24, 2.45) is 0 Å². The third-order valence-corrected chi connectivity index (χ3v) is 3.42. The fourth-order valence-electron chi connectivity index (χ4n) is 1.27. The summed E-state index contributed by atoms with van der Waals surface area (Å²) in [6.45, 7) is 2.66. The van der Waals surface area contributed by atoms with Crippen LogP contribution in [0, 0.1) is 11.3 Å². The van der Waals surface area contributed by atoms with Gasteiger partial charge in [0.1, 0.15) is 10.9 Å². The molecule has 5 heteroatoms. The zero-order valence-electron chi connectivity index (χ0n) is 9.41. The molecule has 1 amide bonds. The van der Waals surface area contributed by atoms with Crippen molar-refractivity contribution < 1.29 is 4.79 Å². The highest BCUT2D eigenvalue weighted by Crippen LogP contribution is 2.22. The van der Waals surface area contributed by atoms with Gasteiger partial charge in [-0.2, -0.15) is 5.26 Å². The van der Waals surface area contributed by atoms with Crippen molar-refractivity contribution in [2.75, 3.05) is 13.6 Å². The van der Waals surface area contributed by atoms with Crippen LogP contribution in [-0.2, 0) is 4.79 Å². The molecule has 16 heavy (non-hydrogen) atoms. The summed E-state index contributed by atoms with van der Waals surface area (Å²) in [4.78, 5) is 12.8. The molecule has 0 aliphatic carbocycles. The van der Waals surface area contributed by atoms with Crippen molar-refractivity contribution in [1.82, 2.24) is 10.6 Å². The van der Waals surface area contributed by atoms with E-state index in [1.807, 2.05) is 19.1 Å². The number of rotatable bonds is 5. The summed E-state index contributed by atoms with van der Waals surface area (Å²) in [5.74, 6) is 0.0311. The summed E-state index contributed by atoms with van der Waals surface area (Å²) in [6.07, 6.45) is 0.470. The molecule has 1 atom stereocenters. The van der Waals surface area contributed by atoms with Gasteiger partial charge in [-0.1, -0.05) is 0 Å². The molecule has 0 aliphatic rings.